The summed E-state index contributed by atoms with van der Waals surface area (Å²) in [5.41, 5.74) is 9.03. The average Bonchev–Trinajstić information content (AvgIpc) is 2.46. The summed E-state index contributed by atoms with van der Waals surface area (Å²) in [6, 6.07) is 10.1. The van der Waals surface area contributed by atoms with Crippen LogP contribution in [0.5, 0.6) is 0 Å². The monoisotopic (exact) mass is 256 g/mol. The normalized spacial score (nSPS) is 16.8. The minimum atomic E-state index is 0.834. The van der Waals surface area contributed by atoms with E-state index in [0.29, 0.717) is 0 Å². The summed E-state index contributed by atoms with van der Waals surface area (Å²) in [7, 11) is 0. The van der Waals surface area contributed by atoms with Gasteiger partial charge in [0.05, 0.1) is 5.52 Å². The van der Waals surface area contributed by atoms with E-state index in [1.165, 1.54) is 0 Å². The van der Waals surface area contributed by atoms with Gasteiger partial charge in [0.1, 0.15) is 0 Å². The first-order chi connectivity index (χ1) is 9.33. The number of rotatable bonds is 3. The molecule has 1 aromatic carbocycles. The molecule has 3 rings (SSSR count). The van der Waals surface area contributed by atoms with E-state index in [1.54, 1.807) is 0 Å². The summed E-state index contributed by atoms with van der Waals surface area (Å²) < 4.78 is 0. The van der Waals surface area contributed by atoms with Crippen molar-refractivity contribution in [2.75, 3.05) is 38.5 Å². The molecule has 0 radical (unpaired) electrons. The zero-order chi connectivity index (χ0) is 13.1. The number of nitrogens with two attached hydrogens (primary N) is 1. The Labute approximate surface area is 113 Å². The van der Waals surface area contributed by atoms with Gasteiger partial charge in [-0.25, -0.2) is 0 Å². The molecule has 100 valence electrons. The predicted octanol–water partition coefficient (Wildman–Crippen LogP) is 1.26. The molecule has 0 amide bonds. The molecule has 2 aromatic rings. The van der Waals surface area contributed by atoms with Crippen LogP contribution in [0.4, 0.5) is 5.69 Å². The molecule has 0 saturated carbocycles. The molecule has 1 fully saturated rings. The Kier molecular flexibility index (Phi) is 3.62. The van der Waals surface area contributed by atoms with Gasteiger partial charge in [-0.1, -0.05) is 18.2 Å². The maximum absolute atomic E-state index is 6.10. The molecule has 1 aromatic heterocycles. The molecule has 0 spiro atoms. The number of hydrogen-bond acceptors (Lipinski definition) is 4. The largest absolute Gasteiger partial charge is 0.398 e. The highest BCUT2D eigenvalue weighted by Crippen LogP contribution is 2.20. The molecule has 1 aliphatic rings. The first-order valence-electron chi connectivity index (χ1n) is 6.90. The highest BCUT2D eigenvalue weighted by atomic mass is 15.2. The van der Waals surface area contributed by atoms with Crippen molar-refractivity contribution in [1.82, 2.24) is 15.2 Å². The fourth-order valence-corrected chi connectivity index (χ4v) is 2.59. The van der Waals surface area contributed by atoms with E-state index in [1.807, 2.05) is 30.3 Å². The molecule has 1 saturated heterocycles. The smallest absolute Gasteiger partial charge is 0.0725 e. The van der Waals surface area contributed by atoms with Crippen LogP contribution in [0, 0.1) is 0 Å². The van der Waals surface area contributed by atoms with E-state index in [-0.39, 0.29) is 0 Å². The lowest BCUT2D eigenvalue weighted by Crippen LogP contribution is -2.44. The Balaban J connectivity index is 1.73. The molecular weight excluding hydrogens is 236 g/mol. The second-order valence-corrected chi connectivity index (χ2v) is 5.06. The first-order valence-corrected chi connectivity index (χ1v) is 6.90. The summed E-state index contributed by atoms with van der Waals surface area (Å²) in [4.78, 5) is 7.17. The summed E-state index contributed by atoms with van der Waals surface area (Å²) in [6.07, 6.45) is 0.967. The minimum absolute atomic E-state index is 0.834. The molecule has 2 heterocycles. The number of anilines is 1. The standard InChI is InChI=1S/C15H20N4/c16-14-11-12(5-8-19-9-6-17-7-10-19)18-15-4-2-1-3-13(14)15/h1-4,11,17H,5-10H2,(H2,16,18). The van der Waals surface area contributed by atoms with Gasteiger partial charge in [0, 0.05) is 55.9 Å². The number of nitrogens with zero attached hydrogens (tertiary/aromatic N) is 2. The van der Waals surface area contributed by atoms with Crippen molar-refractivity contribution in [2.24, 2.45) is 0 Å². The average molecular weight is 256 g/mol. The van der Waals surface area contributed by atoms with Gasteiger partial charge >= 0.3 is 0 Å². The number of para-hydroxylation sites is 1. The number of nitrogens with one attached hydrogen (secondary N) is 1. The molecule has 4 heteroatoms. The van der Waals surface area contributed by atoms with Crippen molar-refractivity contribution in [3.05, 3.63) is 36.0 Å². The molecule has 3 N–H and O–H groups in total. The molecule has 1 aliphatic heterocycles. The number of benzene rings is 1. The van der Waals surface area contributed by atoms with Crippen LogP contribution in [0.1, 0.15) is 5.69 Å². The van der Waals surface area contributed by atoms with E-state index in [9.17, 15) is 0 Å². The highest BCUT2D eigenvalue weighted by Gasteiger charge is 2.10. The predicted molar refractivity (Wildman–Crippen MR) is 79.2 cm³/mol. The summed E-state index contributed by atoms with van der Waals surface area (Å²) in [5, 5.41) is 4.42. The molecular formula is C15H20N4. The third-order valence-electron chi connectivity index (χ3n) is 3.70. The van der Waals surface area contributed by atoms with Crippen molar-refractivity contribution in [3.63, 3.8) is 0 Å². The third-order valence-corrected chi connectivity index (χ3v) is 3.70. The van der Waals surface area contributed by atoms with Crippen molar-refractivity contribution in [1.29, 1.82) is 0 Å². The van der Waals surface area contributed by atoms with Crippen molar-refractivity contribution in [3.8, 4) is 0 Å². The fraction of sp³-hybridized carbons (Fsp3) is 0.400. The zero-order valence-corrected chi connectivity index (χ0v) is 11.1. The van der Waals surface area contributed by atoms with Gasteiger partial charge in [-0.05, 0) is 12.1 Å². The van der Waals surface area contributed by atoms with Crippen LogP contribution < -0.4 is 11.1 Å². The molecule has 4 nitrogen and oxygen atoms in total. The number of nitrogen functional groups attached to an aromatic ring is 1. The maximum atomic E-state index is 6.10. The Hall–Kier alpha value is -1.65. The second kappa shape index (κ2) is 5.55. The van der Waals surface area contributed by atoms with Crippen molar-refractivity contribution >= 4 is 16.6 Å². The lowest BCUT2D eigenvalue weighted by Gasteiger charge is -2.26. The summed E-state index contributed by atoms with van der Waals surface area (Å²) in [6.45, 7) is 5.50. The Morgan fingerprint density at radius 1 is 1.21 bits per heavy atom. The summed E-state index contributed by atoms with van der Waals surface area (Å²) >= 11 is 0. The number of pyridine rings is 1. The molecule has 0 unspecified atom stereocenters. The minimum Gasteiger partial charge on any atom is -0.398 e. The molecule has 0 bridgehead atoms. The van der Waals surface area contributed by atoms with Crippen LogP contribution in [0.3, 0.4) is 0 Å². The van der Waals surface area contributed by atoms with Crippen molar-refractivity contribution in [2.45, 2.75) is 6.42 Å². The van der Waals surface area contributed by atoms with Gasteiger partial charge in [-0.2, -0.15) is 0 Å². The van der Waals surface area contributed by atoms with Crippen LogP contribution in [-0.4, -0.2) is 42.6 Å². The molecule has 19 heavy (non-hydrogen) atoms. The SMILES string of the molecule is Nc1cc(CCN2CCNCC2)nc2ccccc12. The van der Waals surface area contributed by atoms with Gasteiger partial charge in [-0.15, -0.1) is 0 Å². The van der Waals surface area contributed by atoms with E-state index < -0.39 is 0 Å². The number of aromatic nitrogens is 1. The van der Waals surface area contributed by atoms with E-state index >= 15 is 0 Å². The lowest BCUT2D eigenvalue weighted by atomic mass is 10.1. The number of hydrogen-bond donors (Lipinski definition) is 2. The van der Waals surface area contributed by atoms with Crippen LogP contribution >= 0.6 is 0 Å². The number of fused-ring (bicyclic) bond motifs is 1. The van der Waals surface area contributed by atoms with Gasteiger partial charge in [0.15, 0.2) is 0 Å². The summed E-state index contributed by atoms with van der Waals surface area (Å²) in [5.74, 6) is 0. The van der Waals surface area contributed by atoms with E-state index in [0.717, 1.165) is 61.4 Å². The lowest BCUT2D eigenvalue weighted by molar-refractivity contribution is 0.243. The van der Waals surface area contributed by atoms with Crippen LogP contribution in [0.15, 0.2) is 30.3 Å². The Morgan fingerprint density at radius 3 is 2.84 bits per heavy atom. The van der Waals surface area contributed by atoms with Gasteiger partial charge in [-0.3, -0.25) is 4.98 Å². The van der Waals surface area contributed by atoms with Crippen LogP contribution in [-0.2, 0) is 6.42 Å². The van der Waals surface area contributed by atoms with Crippen LogP contribution in [0.25, 0.3) is 10.9 Å². The Bertz CT molecular complexity index is 561. The highest BCUT2D eigenvalue weighted by molar-refractivity contribution is 5.90. The quantitative estimate of drug-likeness (QED) is 0.868. The van der Waals surface area contributed by atoms with Crippen molar-refractivity contribution < 1.29 is 0 Å². The topological polar surface area (TPSA) is 54.2 Å². The van der Waals surface area contributed by atoms with Gasteiger partial charge in [0.25, 0.3) is 0 Å². The maximum Gasteiger partial charge on any atom is 0.0725 e. The van der Waals surface area contributed by atoms with E-state index in [2.05, 4.69) is 10.2 Å². The molecule has 0 atom stereocenters. The first kappa shape index (κ1) is 12.4. The van der Waals surface area contributed by atoms with Crippen LogP contribution in [0.2, 0.25) is 0 Å². The van der Waals surface area contributed by atoms with Gasteiger partial charge in [0.2, 0.25) is 0 Å². The second-order valence-electron chi connectivity index (χ2n) is 5.06. The third kappa shape index (κ3) is 2.85. The zero-order valence-electron chi connectivity index (χ0n) is 11.1. The van der Waals surface area contributed by atoms with Gasteiger partial charge < -0.3 is 16.0 Å². The number of piperazine rings is 1. The van der Waals surface area contributed by atoms with E-state index in [4.69, 9.17) is 10.7 Å². The molecule has 0 aliphatic carbocycles. The fourth-order valence-electron chi connectivity index (χ4n) is 2.59. The Morgan fingerprint density at radius 2 is 2.00 bits per heavy atom.